The summed E-state index contributed by atoms with van der Waals surface area (Å²) in [5.74, 6) is 0.984. The number of piperazine rings is 1. The van der Waals surface area contributed by atoms with E-state index in [1.807, 2.05) is 7.05 Å². The number of methoxy groups -OCH3 is 1. The van der Waals surface area contributed by atoms with Gasteiger partial charge in [0.25, 0.3) is 0 Å². The molecule has 0 unspecified atom stereocenters. The second kappa shape index (κ2) is 13.5. The molecular formula is C23H34IN5O2. The minimum atomic E-state index is 0. The third-order valence-electron chi connectivity index (χ3n) is 5.44. The molecule has 1 fully saturated rings. The number of nitrogens with one attached hydrogen (secondary N) is 2. The first kappa shape index (κ1) is 25.4. The van der Waals surface area contributed by atoms with Crippen LogP contribution in [0.1, 0.15) is 5.56 Å². The van der Waals surface area contributed by atoms with Gasteiger partial charge in [-0.3, -0.25) is 14.7 Å². The average Bonchev–Trinajstić information content (AvgIpc) is 2.78. The number of rotatable bonds is 8. The van der Waals surface area contributed by atoms with Gasteiger partial charge in [0.15, 0.2) is 5.96 Å². The second-order valence-electron chi connectivity index (χ2n) is 7.47. The smallest absolute Gasteiger partial charge is 0.234 e. The molecule has 31 heavy (non-hydrogen) atoms. The van der Waals surface area contributed by atoms with Crippen LogP contribution in [0.5, 0.6) is 0 Å². The van der Waals surface area contributed by atoms with Crippen molar-refractivity contribution in [3.05, 3.63) is 48.0 Å². The molecule has 0 aromatic heterocycles. The van der Waals surface area contributed by atoms with Crippen LogP contribution < -0.4 is 10.6 Å². The largest absolute Gasteiger partial charge is 0.383 e. The van der Waals surface area contributed by atoms with Gasteiger partial charge in [0, 0.05) is 53.4 Å². The van der Waals surface area contributed by atoms with Gasteiger partial charge in [-0.15, -0.1) is 24.0 Å². The molecule has 0 atom stereocenters. The Labute approximate surface area is 202 Å². The number of carbonyl (C=O) groups excluding carboxylic acids is 1. The Kier molecular flexibility index (Phi) is 11.0. The van der Waals surface area contributed by atoms with Gasteiger partial charge in [-0.2, -0.15) is 0 Å². The fourth-order valence-corrected chi connectivity index (χ4v) is 3.82. The average molecular weight is 539 g/mol. The van der Waals surface area contributed by atoms with Gasteiger partial charge < -0.3 is 20.3 Å². The van der Waals surface area contributed by atoms with E-state index in [0.717, 1.165) is 45.1 Å². The zero-order valence-corrected chi connectivity index (χ0v) is 20.8. The number of hydrogen-bond acceptors (Lipinski definition) is 4. The van der Waals surface area contributed by atoms with E-state index in [0.29, 0.717) is 19.7 Å². The number of ether oxygens (including phenoxy) is 1. The second-order valence-corrected chi connectivity index (χ2v) is 7.47. The number of guanidine groups is 1. The molecule has 1 saturated heterocycles. The van der Waals surface area contributed by atoms with Crippen LogP contribution in [0.15, 0.2) is 47.5 Å². The molecule has 0 spiro atoms. The maximum absolute atomic E-state index is 12.0. The molecule has 8 heteroatoms. The highest BCUT2D eigenvalue weighted by Gasteiger charge is 2.21. The zero-order chi connectivity index (χ0) is 21.2. The number of fused-ring (bicyclic) bond motifs is 1. The number of nitrogens with zero attached hydrogens (tertiary/aromatic N) is 3. The summed E-state index contributed by atoms with van der Waals surface area (Å²) in [6, 6.07) is 15.0. The molecule has 7 nitrogen and oxygen atoms in total. The maximum atomic E-state index is 12.0. The van der Waals surface area contributed by atoms with Crippen molar-refractivity contribution in [3.8, 4) is 0 Å². The molecule has 0 radical (unpaired) electrons. The quantitative estimate of drug-likeness (QED) is 0.233. The van der Waals surface area contributed by atoms with E-state index in [1.54, 1.807) is 7.11 Å². The molecule has 2 aromatic carbocycles. The standard InChI is InChI=1S/C23H33N5O2.HI/c1-24-23(26-11-10-20-8-5-7-19-6-3-4-9-21(19)20)28-15-13-27(14-16-28)18-22(29)25-12-17-30-2;/h3-9H,10-18H2,1-2H3,(H,24,26)(H,25,29);1H. The molecule has 0 bridgehead atoms. The molecule has 170 valence electrons. The molecule has 1 aliphatic rings. The van der Waals surface area contributed by atoms with E-state index < -0.39 is 0 Å². The van der Waals surface area contributed by atoms with Crippen molar-refractivity contribution in [3.63, 3.8) is 0 Å². The normalized spacial score (nSPS) is 14.9. The molecule has 1 aliphatic heterocycles. The highest BCUT2D eigenvalue weighted by Crippen LogP contribution is 2.18. The Morgan fingerprint density at radius 3 is 2.52 bits per heavy atom. The number of benzene rings is 2. The minimum absolute atomic E-state index is 0. The molecule has 1 amide bonds. The first-order valence-corrected chi connectivity index (χ1v) is 10.6. The molecule has 2 aromatic rings. The van der Waals surface area contributed by atoms with E-state index in [2.05, 4.69) is 67.9 Å². The molecule has 0 saturated carbocycles. The highest BCUT2D eigenvalue weighted by atomic mass is 127. The lowest BCUT2D eigenvalue weighted by Crippen LogP contribution is -2.54. The van der Waals surface area contributed by atoms with Crippen molar-refractivity contribution in [1.29, 1.82) is 0 Å². The predicted octanol–water partition coefficient (Wildman–Crippen LogP) is 1.96. The summed E-state index contributed by atoms with van der Waals surface area (Å²) in [4.78, 5) is 20.9. The number of amides is 1. The molecule has 1 heterocycles. The highest BCUT2D eigenvalue weighted by molar-refractivity contribution is 14.0. The van der Waals surface area contributed by atoms with Crippen LogP contribution in [0.4, 0.5) is 0 Å². The lowest BCUT2D eigenvalue weighted by atomic mass is 10.0. The Bertz CT molecular complexity index is 847. The predicted molar refractivity (Wildman–Crippen MR) is 137 cm³/mol. The van der Waals surface area contributed by atoms with Crippen LogP contribution in [-0.4, -0.2) is 88.2 Å². The first-order valence-electron chi connectivity index (χ1n) is 10.6. The summed E-state index contributed by atoms with van der Waals surface area (Å²) in [5.41, 5.74) is 1.35. The number of halogens is 1. The first-order chi connectivity index (χ1) is 14.7. The Hall–Kier alpha value is -1.91. The summed E-state index contributed by atoms with van der Waals surface area (Å²) in [6.45, 7) is 5.79. The van der Waals surface area contributed by atoms with E-state index in [-0.39, 0.29) is 29.9 Å². The van der Waals surface area contributed by atoms with Gasteiger partial charge in [0.2, 0.25) is 5.91 Å². The van der Waals surface area contributed by atoms with Crippen LogP contribution in [-0.2, 0) is 16.0 Å². The van der Waals surface area contributed by atoms with Gasteiger partial charge in [-0.25, -0.2) is 0 Å². The Morgan fingerprint density at radius 2 is 1.77 bits per heavy atom. The van der Waals surface area contributed by atoms with Gasteiger partial charge in [0.1, 0.15) is 0 Å². The summed E-state index contributed by atoms with van der Waals surface area (Å²) in [7, 11) is 3.46. The summed E-state index contributed by atoms with van der Waals surface area (Å²) < 4.78 is 4.96. The van der Waals surface area contributed by atoms with Crippen molar-refractivity contribution >= 4 is 46.6 Å². The van der Waals surface area contributed by atoms with Crippen LogP contribution >= 0.6 is 24.0 Å². The van der Waals surface area contributed by atoms with Crippen molar-refractivity contribution < 1.29 is 9.53 Å². The number of aliphatic imine (C=N–C) groups is 1. The maximum Gasteiger partial charge on any atom is 0.234 e. The summed E-state index contributed by atoms with van der Waals surface area (Å²) in [6.07, 6.45) is 0.946. The van der Waals surface area contributed by atoms with E-state index in [4.69, 9.17) is 4.74 Å². The van der Waals surface area contributed by atoms with Gasteiger partial charge in [-0.1, -0.05) is 42.5 Å². The lowest BCUT2D eigenvalue weighted by Gasteiger charge is -2.36. The van der Waals surface area contributed by atoms with Crippen LogP contribution in [0.3, 0.4) is 0 Å². The van der Waals surface area contributed by atoms with Crippen molar-refractivity contribution in [2.24, 2.45) is 4.99 Å². The SMILES string of the molecule is CN=C(NCCc1cccc2ccccc12)N1CCN(CC(=O)NCCOC)CC1.I. The van der Waals surface area contributed by atoms with E-state index in [9.17, 15) is 4.79 Å². The monoisotopic (exact) mass is 539 g/mol. The fraction of sp³-hybridized carbons (Fsp3) is 0.478. The lowest BCUT2D eigenvalue weighted by molar-refractivity contribution is -0.122. The third-order valence-corrected chi connectivity index (χ3v) is 5.44. The molecule has 0 aliphatic carbocycles. The molecule has 2 N–H and O–H groups in total. The van der Waals surface area contributed by atoms with Gasteiger partial charge in [0.05, 0.1) is 13.2 Å². The Morgan fingerprint density at radius 1 is 1.03 bits per heavy atom. The van der Waals surface area contributed by atoms with Crippen molar-refractivity contribution in [1.82, 2.24) is 20.4 Å². The van der Waals surface area contributed by atoms with Gasteiger partial charge in [-0.05, 0) is 22.8 Å². The van der Waals surface area contributed by atoms with Crippen LogP contribution in [0.2, 0.25) is 0 Å². The number of hydrogen-bond donors (Lipinski definition) is 2. The van der Waals surface area contributed by atoms with Crippen molar-refractivity contribution in [2.45, 2.75) is 6.42 Å². The zero-order valence-electron chi connectivity index (χ0n) is 18.5. The van der Waals surface area contributed by atoms with Gasteiger partial charge >= 0.3 is 0 Å². The topological polar surface area (TPSA) is 69.2 Å². The summed E-state index contributed by atoms with van der Waals surface area (Å²) in [5, 5.41) is 8.98. The van der Waals surface area contributed by atoms with Crippen LogP contribution in [0.25, 0.3) is 10.8 Å². The molecule has 3 rings (SSSR count). The number of carbonyl (C=O) groups is 1. The van der Waals surface area contributed by atoms with Crippen LogP contribution in [0, 0.1) is 0 Å². The van der Waals surface area contributed by atoms with E-state index in [1.165, 1.54) is 16.3 Å². The van der Waals surface area contributed by atoms with E-state index >= 15 is 0 Å². The third kappa shape index (κ3) is 7.62. The minimum Gasteiger partial charge on any atom is -0.383 e. The van der Waals surface area contributed by atoms with Crippen molar-refractivity contribution in [2.75, 3.05) is 66.6 Å². The molecular weight excluding hydrogens is 505 g/mol. The Balaban J connectivity index is 0.00000341. The fourth-order valence-electron chi connectivity index (χ4n) is 3.82. The summed E-state index contributed by atoms with van der Waals surface area (Å²) >= 11 is 0.